The van der Waals surface area contributed by atoms with Gasteiger partial charge in [0.2, 0.25) is 0 Å². The second-order valence-corrected chi connectivity index (χ2v) is 5.03. The number of carbonyl (C=O) groups excluding carboxylic acids is 1. The van der Waals surface area contributed by atoms with Crippen LogP contribution in [0, 0.1) is 10.1 Å². The summed E-state index contributed by atoms with van der Waals surface area (Å²) >= 11 is 0. The zero-order chi connectivity index (χ0) is 17.8. The van der Waals surface area contributed by atoms with E-state index in [4.69, 9.17) is 4.74 Å². The summed E-state index contributed by atoms with van der Waals surface area (Å²) in [6.07, 6.45) is -0.738. The van der Waals surface area contributed by atoms with Crippen molar-refractivity contribution in [1.29, 1.82) is 0 Å². The first-order valence-corrected chi connectivity index (χ1v) is 7.25. The van der Waals surface area contributed by atoms with Crippen LogP contribution in [-0.2, 0) is 0 Å². The number of amidine groups is 2. The van der Waals surface area contributed by atoms with Gasteiger partial charge in [0.15, 0.2) is 11.7 Å². The van der Waals surface area contributed by atoms with E-state index in [9.17, 15) is 14.9 Å². The van der Waals surface area contributed by atoms with Crippen LogP contribution in [-0.4, -0.2) is 27.7 Å². The first kappa shape index (κ1) is 16.1. The molecule has 0 saturated carbocycles. The molecule has 0 spiro atoms. The molecule has 0 unspecified atom stereocenters. The standard InChI is InChI=1S/C16H13N5O4/c1-11-17-18-15(12-5-3-2-4-6-12)19-20(11)16(22)25-14-9-7-13(8-10-14)21(23)24/h2-10H,1H3,(H,18,19). The lowest BCUT2D eigenvalue weighted by Crippen LogP contribution is -2.52. The normalized spacial score (nSPS) is 13.4. The van der Waals surface area contributed by atoms with Crippen LogP contribution >= 0.6 is 0 Å². The average molecular weight is 339 g/mol. The van der Waals surface area contributed by atoms with Crippen molar-refractivity contribution < 1.29 is 14.5 Å². The van der Waals surface area contributed by atoms with Crippen molar-refractivity contribution in [3.8, 4) is 5.75 Å². The van der Waals surface area contributed by atoms with Crippen LogP contribution in [0.25, 0.3) is 0 Å². The van der Waals surface area contributed by atoms with E-state index in [2.05, 4.69) is 15.6 Å². The molecule has 1 aliphatic rings. The summed E-state index contributed by atoms with van der Waals surface area (Å²) in [6, 6.07) is 14.4. The van der Waals surface area contributed by atoms with Crippen LogP contribution in [0.3, 0.4) is 0 Å². The predicted octanol–water partition coefficient (Wildman–Crippen LogP) is 2.69. The number of benzene rings is 2. The second-order valence-electron chi connectivity index (χ2n) is 5.03. The zero-order valence-corrected chi connectivity index (χ0v) is 13.1. The molecule has 0 aliphatic carbocycles. The van der Waals surface area contributed by atoms with Gasteiger partial charge in [0.25, 0.3) is 5.69 Å². The molecule has 1 aliphatic heterocycles. The topological polar surface area (TPSA) is 109 Å². The molecule has 0 aromatic heterocycles. The Bertz CT molecular complexity index is 862. The maximum atomic E-state index is 12.3. The van der Waals surface area contributed by atoms with Gasteiger partial charge in [0.05, 0.1) is 4.92 Å². The van der Waals surface area contributed by atoms with E-state index in [1.165, 1.54) is 24.3 Å². The fourth-order valence-electron chi connectivity index (χ4n) is 2.05. The van der Waals surface area contributed by atoms with Crippen molar-refractivity contribution in [2.75, 3.05) is 0 Å². The van der Waals surface area contributed by atoms with E-state index in [1.807, 2.05) is 30.3 Å². The van der Waals surface area contributed by atoms with E-state index in [0.29, 0.717) is 11.7 Å². The number of ether oxygens (including phenoxy) is 1. The molecule has 9 nitrogen and oxygen atoms in total. The molecule has 9 heteroatoms. The Labute approximate surface area is 142 Å². The number of non-ortho nitro benzene ring substituents is 1. The Morgan fingerprint density at radius 1 is 1.12 bits per heavy atom. The summed E-state index contributed by atoms with van der Waals surface area (Å²) in [4.78, 5) is 22.5. The van der Waals surface area contributed by atoms with E-state index in [1.54, 1.807) is 6.92 Å². The number of nitrogens with zero attached hydrogens (tertiary/aromatic N) is 4. The Balaban J connectivity index is 1.73. The van der Waals surface area contributed by atoms with Gasteiger partial charge in [0.1, 0.15) is 5.75 Å². The number of carbonyl (C=O) groups is 1. The van der Waals surface area contributed by atoms with Gasteiger partial charge in [-0.3, -0.25) is 15.5 Å². The molecule has 3 rings (SSSR count). The maximum Gasteiger partial charge on any atom is 0.440 e. The minimum absolute atomic E-state index is 0.0906. The largest absolute Gasteiger partial charge is 0.440 e. The molecule has 1 heterocycles. The highest BCUT2D eigenvalue weighted by atomic mass is 16.6. The quantitative estimate of drug-likeness (QED) is 0.683. The second kappa shape index (κ2) is 6.79. The number of hydrogen-bond donors (Lipinski definition) is 1. The summed E-state index contributed by atoms with van der Waals surface area (Å²) in [5.74, 6) is 0.868. The molecular formula is C16H13N5O4. The molecule has 126 valence electrons. The first-order chi connectivity index (χ1) is 12.0. The van der Waals surface area contributed by atoms with Crippen molar-refractivity contribution in [3.05, 3.63) is 70.3 Å². The third-order valence-corrected chi connectivity index (χ3v) is 3.32. The van der Waals surface area contributed by atoms with Crippen molar-refractivity contribution in [3.63, 3.8) is 0 Å². The Morgan fingerprint density at radius 3 is 2.44 bits per heavy atom. The highest BCUT2D eigenvalue weighted by Gasteiger charge is 2.24. The van der Waals surface area contributed by atoms with Gasteiger partial charge in [-0.05, 0) is 19.1 Å². The van der Waals surface area contributed by atoms with Crippen LogP contribution in [0.1, 0.15) is 12.5 Å². The van der Waals surface area contributed by atoms with Crippen molar-refractivity contribution >= 4 is 23.5 Å². The molecule has 0 radical (unpaired) electrons. The molecule has 25 heavy (non-hydrogen) atoms. The van der Waals surface area contributed by atoms with Crippen LogP contribution in [0.15, 0.2) is 64.8 Å². The molecular weight excluding hydrogens is 326 g/mol. The number of nitro groups is 1. The molecule has 0 fully saturated rings. The van der Waals surface area contributed by atoms with Gasteiger partial charge in [-0.2, -0.15) is 5.01 Å². The summed E-state index contributed by atoms with van der Waals surface area (Å²) in [6.45, 7) is 1.59. The molecule has 0 saturated heterocycles. The van der Waals surface area contributed by atoms with E-state index < -0.39 is 11.0 Å². The number of hydrazine groups is 1. The highest BCUT2D eigenvalue weighted by Crippen LogP contribution is 2.18. The van der Waals surface area contributed by atoms with E-state index in [-0.39, 0.29) is 11.4 Å². The van der Waals surface area contributed by atoms with Crippen LogP contribution in [0.2, 0.25) is 0 Å². The number of amides is 1. The molecule has 0 atom stereocenters. The zero-order valence-electron chi connectivity index (χ0n) is 13.1. The third-order valence-electron chi connectivity index (χ3n) is 3.32. The molecule has 2 aromatic carbocycles. The number of hydrogen-bond acceptors (Lipinski definition) is 7. The third kappa shape index (κ3) is 3.61. The Morgan fingerprint density at radius 2 is 1.80 bits per heavy atom. The molecule has 0 bridgehead atoms. The van der Waals surface area contributed by atoms with Gasteiger partial charge in [0, 0.05) is 17.7 Å². The van der Waals surface area contributed by atoms with Crippen LogP contribution in [0.4, 0.5) is 10.5 Å². The lowest BCUT2D eigenvalue weighted by molar-refractivity contribution is -0.384. The maximum absolute atomic E-state index is 12.3. The fourth-order valence-corrected chi connectivity index (χ4v) is 2.05. The highest BCUT2D eigenvalue weighted by molar-refractivity contribution is 6.05. The Kier molecular flexibility index (Phi) is 4.38. The summed E-state index contributed by atoms with van der Waals surface area (Å²) in [5.41, 5.74) is 3.50. The van der Waals surface area contributed by atoms with Gasteiger partial charge in [-0.1, -0.05) is 30.3 Å². The average Bonchev–Trinajstić information content (AvgIpc) is 2.63. The smallest absolute Gasteiger partial charge is 0.409 e. The van der Waals surface area contributed by atoms with Gasteiger partial charge >= 0.3 is 6.09 Å². The van der Waals surface area contributed by atoms with Crippen LogP contribution < -0.4 is 10.2 Å². The first-order valence-electron chi connectivity index (χ1n) is 7.25. The van der Waals surface area contributed by atoms with Gasteiger partial charge in [-0.15, -0.1) is 10.2 Å². The van der Waals surface area contributed by atoms with Gasteiger partial charge < -0.3 is 4.74 Å². The summed E-state index contributed by atoms with van der Waals surface area (Å²) < 4.78 is 5.21. The molecule has 2 aromatic rings. The number of rotatable bonds is 3. The van der Waals surface area contributed by atoms with E-state index >= 15 is 0 Å². The van der Waals surface area contributed by atoms with E-state index in [0.717, 1.165) is 10.6 Å². The predicted molar refractivity (Wildman–Crippen MR) is 90.2 cm³/mol. The SMILES string of the molecule is CC1=NN=C(c2ccccc2)NN1C(=O)Oc1ccc([N+](=O)[O-])cc1. The summed E-state index contributed by atoms with van der Waals surface area (Å²) in [5, 5.41) is 19.7. The van der Waals surface area contributed by atoms with Crippen LogP contribution in [0.5, 0.6) is 5.75 Å². The number of nitro benzene ring substituents is 1. The minimum Gasteiger partial charge on any atom is -0.409 e. The van der Waals surface area contributed by atoms with Crippen molar-refractivity contribution in [1.82, 2.24) is 10.4 Å². The molecule has 1 amide bonds. The van der Waals surface area contributed by atoms with Gasteiger partial charge in [-0.25, -0.2) is 4.79 Å². The van der Waals surface area contributed by atoms with Crippen molar-refractivity contribution in [2.45, 2.75) is 6.92 Å². The monoisotopic (exact) mass is 339 g/mol. The summed E-state index contributed by atoms with van der Waals surface area (Å²) in [7, 11) is 0. The lowest BCUT2D eigenvalue weighted by atomic mass is 10.2. The van der Waals surface area contributed by atoms with Crippen molar-refractivity contribution in [2.24, 2.45) is 10.2 Å². The lowest BCUT2D eigenvalue weighted by Gasteiger charge is -2.25. The minimum atomic E-state index is -0.738. The molecule has 1 N–H and O–H groups in total. The number of nitrogens with one attached hydrogen (secondary N) is 1. The Hall–Kier alpha value is -3.75. The fraction of sp³-hybridized carbons (Fsp3) is 0.0625.